The Bertz CT molecular complexity index is 323. The van der Waals surface area contributed by atoms with Gasteiger partial charge in [0.15, 0.2) is 0 Å². The Hall–Kier alpha value is -0.660. The van der Waals surface area contributed by atoms with Gasteiger partial charge in [-0.15, -0.1) is 0 Å². The molecule has 1 aliphatic heterocycles. The topological polar surface area (TPSA) is 78.5 Å². The van der Waals surface area contributed by atoms with Crippen molar-refractivity contribution < 1.29 is 13.2 Å². The highest BCUT2D eigenvalue weighted by molar-refractivity contribution is 7.88. The zero-order valence-electron chi connectivity index (χ0n) is 9.53. The molecule has 0 bridgehead atoms. The van der Waals surface area contributed by atoms with Crippen LogP contribution in [0.3, 0.4) is 0 Å². The van der Waals surface area contributed by atoms with Gasteiger partial charge in [-0.1, -0.05) is 0 Å². The van der Waals surface area contributed by atoms with Crippen LogP contribution >= 0.6 is 0 Å². The summed E-state index contributed by atoms with van der Waals surface area (Å²) in [6.07, 6.45) is 3.28. The van der Waals surface area contributed by atoms with Gasteiger partial charge in [0.1, 0.15) is 0 Å². The van der Waals surface area contributed by atoms with Crippen LogP contribution in [-0.4, -0.2) is 58.2 Å². The molecule has 94 valence electrons. The molecule has 0 saturated carbocycles. The zero-order valence-corrected chi connectivity index (χ0v) is 10.3. The van der Waals surface area contributed by atoms with Crippen LogP contribution in [0, 0.1) is 0 Å². The number of nitrogens with one attached hydrogen (secondary N) is 2. The molecule has 0 unspecified atom stereocenters. The van der Waals surface area contributed by atoms with Crippen LogP contribution in [0.2, 0.25) is 0 Å². The van der Waals surface area contributed by atoms with Gasteiger partial charge in [0.25, 0.3) is 0 Å². The van der Waals surface area contributed by atoms with E-state index in [9.17, 15) is 13.2 Å². The Labute approximate surface area is 96.4 Å². The molecule has 0 aliphatic carbocycles. The maximum absolute atomic E-state index is 11.5. The van der Waals surface area contributed by atoms with Crippen molar-refractivity contribution in [3.05, 3.63) is 0 Å². The molecule has 0 aromatic heterocycles. The van der Waals surface area contributed by atoms with Crippen LogP contribution in [0.5, 0.6) is 0 Å². The van der Waals surface area contributed by atoms with Crippen molar-refractivity contribution in [2.75, 3.05) is 39.0 Å². The molecule has 1 rings (SSSR count). The van der Waals surface area contributed by atoms with Gasteiger partial charge in [-0.2, -0.15) is 0 Å². The fourth-order valence-corrected chi connectivity index (χ4v) is 2.07. The van der Waals surface area contributed by atoms with Crippen molar-refractivity contribution in [1.82, 2.24) is 14.9 Å². The van der Waals surface area contributed by atoms with Gasteiger partial charge in [-0.3, -0.25) is 4.79 Å². The third kappa shape index (κ3) is 5.43. The molecular weight excluding hydrogens is 230 g/mol. The van der Waals surface area contributed by atoms with E-state index in [0.29, 0.717) is 13.1 Å². The van der Waals surface area contributed by atoms with Gasteiger partial charge >= 0.3 is 0 Å². The molecule has 7 heteroatoms. The van der Waals surface area contributed by atoms with E-state index in [1.54, 1.807) is 0 Å². The van der Waals surface area contributed by atoms with Crippen molar-refractivity contribution in [3.63, 3.8) is 0 Å². The molecule has 1 saturated heterocycles. The minimum Gasteiger partial charge on any atom is -0.342 e. The lowest BCUT2D eigenvalue weighted by Gasteiger charge is -2.15. The highest BCUT2D eigenvalue weighted by Gasteiger charge is 2.16. The van der Waals surface area contributed by atoms with E-state index in [2.05, 4.69) is 10.0 Å². The Balaban J connectivity index is 2.04. The number of rotatable bonds is 6. The normalized spacial score (nSPS) is 16.7. The first kappa shape index (κ1) is 13.4. The summed E-state index contributed by atoms with van der Waals surface area (Å²) in [5, 5.41) is 2.92. The van der Waals surface area contributed by atoms with Crippen molar-refractivity contribution in [3.8, 4) is 0 Å². The third-order valence-electron chi connectivity index (χ3n) is 2.40. The number of amides is 1. The van der Waals surface area contributed by atoms with E-state index in [1.807, 2.05) is 4.90 Å². The number of carbonyl (C=O) groups excluding carboxylic acids is 1. The molecule has 1 heterocycles. The van der Waals surface area contributed by atoms with Gasteiger partial charge in [0.05, 0.1) is 12.8 Å². The van der Waals surface area contributed by atoms with E-state index in [-0.39, 0.29) is 12.5 Å². The molecule has 1 aliphatic rings. The SMILES string of the molecule is CS(=O)(=O)NCCNCC(=O)N1CCCC1. The summed E-state index contributed by atoms with van der Waals surface area (Å²) in [4.78, 5) is 13.4. The van der Waals surface area contributed by atoms with Crippen molar-refractivity contribution in [2.45, 2.75) is 12.8 Å². The van der Waals surface area contributed by atoms with Crippen LogP contribution in [0.15, 0.2) is 0 Å². The summed E-state index contributed by atoms with van der Waals surface area (Å²) < 4.78 is 23.8. The summed E-state index contributed by atoms with van der Waals surface area (Å²) in [5.41, 5.74) is 0. The highest BCUT2D eigenvalue weighted by atomic mass is 32.2. The second-order valence-electron chi connectivity index (χ2n) is 3.93. The molecule has 6 nitrogen and oxygen atoms in total. The third-order valence-corrected chi connectivity index (χ3v) is 3.13. The molecule has 0 spiro atoms. The van der Waals surface area contributed by atoms with Crippen molar-refractivity contribution in [2.24, 2.45) is 0 Å². The summed E-state index contributed by atoms with van der Waals surface area (Å²) in [7, 11) is -3.13. The van der Waals surface area contributed by atoms with Gasteiger partial charge < -0.3 is 10.2 Å². The molecular formula is C9H19N3O3S. The molecule has 16 heavy (non-hydrogen) atoms. The number of likely N-dealkylation sites (tertiary alicyclic amines) is 1. The Morgan fingerprint density at radius 2 is 1.88 bits per heavy atom. The number of carbonyl (C=O) groups is 1. The Morgan fingerprint density at radius 1 is 1.25 bits per heavy atom. The van der Waals surface area contributed by atoms with E-state index in [0.717, 1.165) is 32.2 Å². The summed E-state index contributed by atoms with van der Waals surface area (Å²) in [6.45, 7) is 2.76. The van der Waals surface area contributed by atoms with Crippen LogP contribution in [0.25, 0.3) is 0 Å². The lowest BCUT2D eigenvalue weighted by atomic mass is 10.4. The van der Waals surface area contributed by atoms with E-state index >= 15 is 0 Å². The average Bonchev–Trinajstić information content (AvgIpc) is 2.67. The largest absolute Gasteiger partial charge is 0.342 e. The first-order chi connectivity index (χ1) is 7.49. The lowest BCUT2D eigenvalue weighted by molar-refractivity contribution is -0.129. The summed E-state index contributed by atoms with van der Waals surface area (Å²) in [6, 6.07) is 0. The second-order valence-corrected chi connectivity index (χ2v) is 5.76. The average molecular weight is 249 g/mol. The van der Waals surface area contributed by atoms with Gasteiger partial charge in [0, 0.05) is 26.2 Å². The van der Waals surface area contributed by atoms with Crippen molar-refractivity contribution in [1.29, 1.82) is 0 Å². The predicted octanol–water partition coefficient (Wildman–Crippen LogP) is -1.25. The molecule has 1 amide bonds. The minimum atomic E-state index is -3.13. The molecule has 0 aromatic rings. The number of sulfonamides is 1. The maximum atomic E-state index is 11.5. The monoisotopic (exact) mass is 249 g/mol. The van der Waals surface area contributed by atoms with Crippen LogP contribution in [-0.2, 0) is 14.8 Å². The van der Waals surface area contributed by atoms with E-state index in [1.165, 1.54) is 0 Å². The zero-order chi connectivity index (χ0) is 12.0. The van der Waals surface area contributed by atoms with E-state index < -0.39 is 10.0 Å². The van der Waals surface area contributed by atoms with Crippen molar-refractivity contribution >= 4 is 15.9 Å². The smallest absolute Gasteiger partial charge is 0.236 e. The second kappa shape index (κ2) is 6.17. The van der Waals surface area contributed by atoms with E-state index in [4.69, 9.17) is 0 Å². The number of nitrogens with zero attached hydrogens (tertiary/aromatic N) is 1. The van der Waals surface area contributed by atoms with Gasteiger partial charge in [-0.05, 0) is 12.8 Å². The highest BCUT2D eigenvalue weighted by Crippen LogP contribution is 2.06. The molecule has 0 atom stereocenters. The van der Waals surface area contributed by atoms with Gasteiger partial charge in [-0.25, -0.2) is 13.1 Å². The standard InChI is InChI=1S/C9H19N3O3S/c1-16(14,15)11-5-4-10-8-9(13)12-6-2-3-7-12/h10-11H,2-8H2,1H3. The molecule has 1 fully saturated rings. The molecule has 2 N–H and O–H groups in total. The first-order valence-corrected chi connectivity index (χ1v) is 7.31. The number of hydrogen-bond donors (Lipinski definition) is 2. The molecule has 0 radical (unpaired) electrons. The lowest BCUT2D eigenvalue weighted by Crippen LogP contribution is -2.39. The fraction of sp³-hybridized carbons (Fsp3) is 0.889. The summed E-state index contributed by atoms with van der Waals surface area (Å²) >= 11 is 0. The van der Waals surface area contributed by atoms with Gasteiger partial charge in [0.2, 0.25) is 15.9 Å². The Morgan fingerprint density at radius 3 is 2.44 bits per heavy atom. The quantitative estimate of drug-likeness (QED) is 0.576. The van der Waals surface area contributed by atoms with Crippen LogP contribution < -0.4 is 10.0 Å². The summed E-state index contributed by atoms with van der Waals surface area (Å²) in [5.74, 6) is 0.0943. The predicted molar refractivity (Wildman–Crippen MR) is 61.5 cm³/mol. The maximum Gasteiger partial charge on any atom is 0.236 e. The minimum absolute atomic E-state index is 0.0943. The van der Waals surface area contributed by atoms with Crippen LogP contribution in [0.4, 0.5) is 0 Å². The van der Waals surface area contributed by atoms with Crippen LogP contribution in [0.1, 0.15) is 12.8 Å². The molecule has 0 aromatic carbocycles. The Kier molecular flexibility index (Phi) is 5.17. The fourth-order valence-electron chi connectivity index (χ4n) is 1.60. The number of hydrogen-bond acceptors (Lipinski definition) is 4. The first-order valence-electron chi connectivity index (χ1n) is 5.42.